The second kappa shape index (κ2) is 7.88. The number of allylic oxidation sites excluding steroid dienone is 1. The van der Waals surface area contributed by atoms with Gasteiger partial charge >= 0.3 is 5.97 Å². The Morgan fingerprint density at radius 2 is 2.07 bits per heavy atom. The second-order valence-electron chi connectivity index (χ2n) is 6.37. The molecule has 5 nitrogen and oxygen atoms in total. The molecule has 0 N–H and O–H groups in total. The number of benzene rings is 1. The van der Waals surface area contributed by atoms with Gasteiger partial charge in [-0.25, -0.2) is 14.2 Å². The molecule has 1 atom stereocenters. The largest absolute Gasteiger partial charge is 0.463 e. The van der Waals surface area contributed by atoms with Crippen molar-refractivity contribution in [1.29, 1.82) is 0 Å². The Labute approximate surface area is 173 Å². The van der Waals surface area contributed by atoms with Crippen molar-refractivity contribution in [3.05, 3.63) is 89.0 Å². The van der Waals surface area contributed by atoms with Crippen LogP contribution in [0.5, 0.6) is 0 Å². The molecule has 4 rings (SSSR count). The van der Waals surface area contributed by atoms with Crippen LogP contribution in [0.3, 0.4) is 0 Å². The molecule has 8 heteroatoms. The number of aromatic nitrogens is 1. The van der Waals surface area contributed by atoms with Gasteiger partial charge in [0.05, 0.1) is 22.4 Å². The fourth-order valence-electron chi connectivity index (χ4n) is 3.22. The van der Waals surface area contributed by atoms with E-state index in [1.165, 1.54) is 34.8 Å². The van der Waals surface area contributed by atoms with Crippen LogP contribution >= 0.6 is 22.7 Å². The Balaban J connectivity index is 1.93. The summed E-state index contributed by atoms with van der Waals surface area (Å²) in [5, 5.41) is 1.90. The number of thiazole rings is 1. The van der Waals surface area contributed by atoms with Crippen molar-refractivity contribution < 1.29 is 13.9 Å². The number of halogens is 1. The minimum absolute atomic E-state index is 0.238. The molecule has 0 saturated heterocycles. The highest BCUT2D eigenvalue weighted by molar-refractivity contribution is 7.10. The van der Waals surface area contributed by atoms with E-state index >= 15 is 0 Å². The highest BCUT2D eigenvalue weighted by Crippen LogP contribution is 2.33. The predicted octanol–water partition coefficient (Wildman–Crippen LogP) is 3.00. The van der Waals surface area contributed by atoms with Gasteiger partial charge in [-0.05, 0) is 49.1 Å². The van der Waals surface area contributed by atoms with E-state index in [1.807, 2.05) is 17.5 Å². The number of carbonyl (C=O) groups is 1. The van der Waals surface area contributed by atoms with Crippen LogP contribution in [0.15, 0.2) is 62.8 Å². The molecule has 0 bridgehead atoms. The zero-order valence-corrected chi connectivity index (χ0v) is 17.3. The standard InChI is InChI=1S/C21H17FN2O3S2/c1-3-27-20(26)17-12(2)23-21-24(18(17)15-5-4-10-28-15)19(25)16(29-21)11-13-6-8-14(22)9-7-13/h4-11,18H,3H2,1-2H3/b16-11+/t18-/m1/s1. The van der Waals surface area contributed by atoms with Crippen LogP contribution in [-0.4, -0.2) is 17.1 Å². The summed E-state index contributed by atoms with van der Waals surface area (Å²) in [4.78, 5) is 31.8. The summed E-state index contributed by atoms with van der Waals surface area (Å²) in [7, 11) is 0. The molecule has 0 unspecified atom stereocenters. The van der Waals surface area contributed by atoms with Gasteiger partial charge in [0.15, 0.2) is 4.80 Å². The summed E-state index contributed by atoms with van der Waals surface area (Å²) < 4.78 is 20.4. The number of hydrogen-bond donors (Lipinski definition) is 0. The average Bonchev–Trinajstić information content (AvgIpc) is 3.32. The van der Waals surface area contributed by atoms with Gasteiger partial charge in [-0.15, -0.1) is 11.3 Å². The van der Waals surface area contributed by atoms with E-state index < -0.39 is 12.0 Å². The molecule has 3 aromatic rings. The molecule has 1 aliphatic heterocycles. The molecule has 1 aliphatic rings. The van der Waals surface area contributed by atoms with E-state index in [9.17, 15) is 14.0 Å². The van der Waals surface area contributed by atoms with Gasteiger partial charge < -0.3 is 4.74 Å². The number of carbonyl (C=O) groups excluding carboxylic acids is 1. The van der Waals surface area contributed by atoms with E-state index in [0.29, 0.717) is 26.2 Å². The van der Waals surface area contributed by atoms with Gasteiger partial charge in [-0.1, -0.05) is 29.5 Å². The maximum absolute atomic E-state index is 13.3. The number of hydrogen-bond acceptors (Lipinski definition) is 6. The van der Waals surface area contributed by atoms with E-state index in [2.05, 4.69) is 4.99 Å². The van der Waals surface area contributed by atoms with Gasteiger partial charge in [0.1, 0.15) is 11.9 Å². The molecule has 0 radical (unpaired) electrons. The number of rotatable bonds is 4. The maximum atomic E-state index is 13.3. The number of ether oxygens (including phenoxy) is 1. The van der Waals surface area contributed by atoms with E-state index in [4.69, 9.17) is 4.74 Å². The lowest BCUT2D eigenvalue weighted by atomic mass is 10.0. The lowest BCUT2D eigenvalue weighted by Gasteiger charge is -2.23. The zero-order chi connectivity index (χ0) is 20.5. The van der Waals surface area contributed by atoms with Crippen molar-refractivity contribution in [2.75, 3.05) is 6.61 Å². The van der Waals surface area contributed by atoms with Gasteiger partial charge in [0.2, 0.25) is 0 Å². The van der Waals surface area contributed by atoms with Gasteiger partial charge in [0.25, 0.3) is 5.56 Å². The normalized spacial score (nSPS) is 16.5. The molecular formula is C21H17FN2O3S2. The highest BCUT2D eigenvalue weighted by Gasteiger charge is 2.33. The van der Waals surface area contributed by atoms with Crippen LogP contribution in [0.1, 0.15) is 30.3 Å². The monoisotopic (exact) mass is 428 g/mol. The van der Waals surface area contributed by atoms with Crippen molar-refractivity contribution in [3.63, 3.8) is 0 Å². The second-order valence-corrected chi connectivity index (χ2v) is 8.36. The molecule has 2 aromatic heterocycles. The first-order valence-electron chi connectivity index (χ1n) is 8.98. The summed E-state index contributed by atoms with van der Waals surface area (Å²) in [5.41, 5.74) is 1.38. The first-order chi connectivity index (χ1) is 14.0. The highest BCUT2D eigenvalue weighted by atomic mass is 32.1. The van der Waals surface area contributed by atoms with E-state index in [0.717, 1.165) is 4.88 Å². The van der Waals surface area contributed by atoms with Gasteiger partial charge in [-0.2, -0.15) is 0 Å². The van der Waals surface area contributed by atoms with Crippen molar-refractivity contribution in [2.24, 2.45) is 4.99 Å². The lowest BCUT2D eigenvalue weighted by Crippen LogP contribution is -2.39. The molecule has 1 aromatic carbocycles. The third kappa shape index (κ3) is 3.61. The van der Waals surface area contributed by atoms with Crippen LogP contribution in [0, 0.1) is 5.82 Å². The summed E-state index contributed by atoms with van der Waals surface area (Å²) in [6.07, 6.45) is 1.71. The first-order valence-corrected chi connectivity index (χ1v) is 10.7. The Morgan fingerprint density at radius 3 is 2.72 bits per heavy atom. The van der Waals surface area contributed by atoms with Crippen LogP contribution in [0.4, 0.5) is 4.39 Å². The van der Waals surface area contributed by atoms with Gasteiger partial charge in [-0.3, -0.25) is 9.36 Å². The SMILES string of the molecule is CCOC(=O)C1=C(C)N=c2s/c(=C/c3ccc(F)cc3)c(=O)n2[C@@H]1c1cccs1. The van der Waals surface area contributed by atoms with Crippen molar-refractivity contribution in [3.8, 4) is 0 Å². The number of esters is 1. The zero-order valence-electron chi connectivity index (χ0n) is 15.7. The minimum atomic E-state index is -0.583. The molecule has 0 spiro atoms. The van der Waals surface area contributed by atoms with Crippen molar-refractivity contribution in [1.82, 2.24) is 4.57 Å². The van der Waals surface area contributed by atoms with E-state index in [-0.39, 0.29) is 18.0 Å². The molecular weight excluding hydrogens is 411 g/mol. The smallest absolute Gasteiger partial charge is 0.338 e. The third-order valence-electron chi connectivity index (χ3n) is 4.50. The quantitative estimate of drug-likeness (QED) is 0.601. The molecule has 0 aliphatic carbocycles. The fraction of sp³-hybridized carbons (Fsp3) is 0.190. The summed E-state index contributed by atoms with van der Waals surface area (Å²) >= 11 is 2.71. The Kier molecular flexibility index (Phi) is 5.29. The summed E-state index contributed by atoms with van der Waals surface area (Å²) in [6.45, 7) is 3.73. The van der Waals surface area contributed by atoms with Crippen molar-refractivity contribution in [2.45, 2.75) is 19.9 Å². The molecule has 0 amide bonds. The fourth-order valence-corrected chi connectivity index (χ4v) is 5.09. The van der Waals surface area contributed by atoms with Crippen molar-refractivity contribution >= 4 is 34.7 Å². The predicted molar refractivity (Wildman–Crippen MR) is 111 cm³/mol. The molecule has 3 heterocycles. The molecule has 29 heavy (non-hydrogen) atoms. The molecule has 148 valence electrons. The molecule has 0 fully saturated rings. The Hall–Kier alpha value is -2.84. The summed E-state index contributed by atoms with van der Waals surface area (Å²) in [5.74, 6) is -0.809. The van der Waals surface area contributed by atoms with E-state index in [1.54, 1.807) is 36.6 Å². The topological polar surface area (TPSA) is 60.7 Å². The van der Waals surface area contributed by atoms with Crippen LogP contribution in [-0.2, 0) is 9.53 Å². The van der Waals surface area contributed by atoms with Crippen LogP contribution < -0.4 is 14.9 Å². The third-order valence-corrected chi connectivity index (χ3v) is 6.41. The summed E-state index contributed by atoms with van der Waals surface area (Å²) in [6, 6.07) is 9.11. The number of thiophene rings is 1. The lowest BCUT2D eigenvalue weighted by molar-refractivity contribution is -0.139. The van der Waals surface area contributed by atoms with Gasteiger partial charge in [0, 0.05) is 4.88 Å². The number of nitrogens with zero attached hydrogens (tertiary/aromatic N) is 2. The Bertz CT molecular complexity index is 1270. The van der Waals surface area contributed by atoms with Crippen LogP contribution in [0.2, 0.25) is 0 Å². The number of fused-ring (bicyclic) bond motifs is 1. The first kappa shape index (κ1) is 19.5. The maximum Gasteiger partial charge on any atom is 0.338 e. The minimum Gasteiger partial charge on any atom is -0.463 e. The average molecular weight is 429 g/mol. The Morgan fingerprint density at radius 1 is 1.31 bits per heavy atom. The molecule has 0 saturated carbocycles. The van der Waals surface area contributed by atoms with Crippen LogP contribution in [0.25, 0.3) is 6.08 Å².